The second kappa shape index (κ2) is 7.98. The van der Waals surface area contributed by atoms with Gasteiger partial charge < -0.3 is 4.90 Å². The molecule has 3 aromatic rings. The van der Waals surface area contributed by atoms with E-state index in [4.69, 9.17) is 0 Å². The first-order chi connectivity index (χ1) is 13.6. The normalized spacial score (nSPS) is 15.3. The number of piperazine rings is 1. The number of aromatic nitrogens is 2. The maximum absolute atomic E-state index is 12.9. The number of nitrogens with zero attached hydrogens (tertiary/aromatic N) is 4. The van der Waals surface area contributed by atoms with Crippen molar-refractivity contribution >= 4 is 16.9 Å². The Morgan fingerprint density at radius 3 is 2.39 bits per heavy atom. The third-order valence-electron chi connectivity index (χ3n) is 4.97. The van der Waals surface area contributed by atoms with Gasteiger partial charge in [0.05, 0.1) is 17.6 Å². The summed E-state index contributed by atoms with van der Waals surface area (Å²) in [5.74, 6) is -0.0703. The zero-order chi connectivity index (χ0) is 19.5. The van der Waals surface area contributed by atoms with Crippen molar-refractivity contribution in [3.05, 3.63) is 60.4 Å². The van der Waals surface area contributed by atoms with Gasteiger partial charge in [0.1, 0.15) is 0 Å². The van der Waals surface area contributed by atoms with Gasteiger partial charge >= 0.3 is 0 Å². The van der Waals surface area contributed by atoms with Crippen LogP contribution in [0.3, 0.4) is 0 Å². The summed E-state index contributed by atoms with van der Waals surface area (Å²) in [4.78, 5) is 24.9. The summed E-state index contributed by atoms with van der Waals surface area (Å²) in [6.45, 7) is 1.63. The van der Waals surface area contributed by atoms with E-state index in [1.165, 1.54) is 0 Å². The molecular formula is C21H20F2N4O. The maximum Gasteiger partial charge on any atom is 0.253 e. The Hall–Kier alpha value is -2.93. The summed E-state index contributed by atoms with van der Waals surface area (Å²) in [6, 6.07) is 13.3. The van der Waals surface area contributed by atoms with Crippen LogP contribution in [0.1, 0.15) is 10.4 Å². The minimum atomic E-state index is -2.34. The summed E-state index contributed by atoms with van der Waals surface area (Å²) in [5, 5.41) is 0. The molecule has 0 spiro atoms. The number of carbonyl (C=O) groups is 1. The van der Waals surface area contributed by atoms with E-state index in [-0.39, 0.29) is 12.5 Å². The molecule has 0 radical (unpaired) electrons. The average molecular weight is 382 g/mol. The lowest BCUT2D eigenvalue weighted by atomic mass is 10.0. The first-order valence-corrected chi connectivity index (χ1v) is 9.21. The minimum absolute atomic E-state index is 0.0703. The number of fused-ring (bicyclic) bond motifs is 1. The Morgan fingerprint density at radius 2 is 1.64 bits per heavy atom. The van der Waals surface area contributed by atoms with E-state index in [1.807, 2.05) is 36.4 Å². The first kappa shape index (κ1) is 18.4. The standard InChI is InChI=1S/C21H20F2N4O/c22-20(23)14-26-8-10-27(11-9-26)21(28)17-3-1-2-15(12-17)16-4-5-18-19(13-16)25-7-6-24-18/h1-7,12-13,20H,8-11,14H2. The second-order valence-electron chi connectivity index (χ2n) is 6.82. The highest BCUT2D eigenvalue weighted by Crippen LogP contribution is 2.24. The van der Waals surface area contributed by atoms with Crippen LogP contribution in [0.4, 0.5) is 8.78 Å². The molecular weight excluding hydrogens is 362 g/mol. The fourth-order valence-electron chi connectivity index (χ4n) is 3.49. The molecule has 1 saturated heterocycles. The van der Waals surface area contributed by atoms with Crippen LogP contribution in [0.2, 0.25) is 0 Å². The van der Waals surface area contributed by atoms with Crippen LogP contribution in [0.5, 0.6) is 0 Å². The van der Waals surface area contributed by atoms with E-state index in [0.717, 1.165) is 22.2 Å². The number of benzene rings is 2. The molecule has 1 fully saturated rings. The Bertz CT molecular complexity index is 987. The highest BCUT2D eigenvalue weighted by Gasteiger charge is 2.23. The molecule has 4 rings (SSSR count). The molecule has 1 aliphatic heterocycles. The fraction of sp³-hybridized carbons (Fsp3) is 0.286. The van der Waals surface area contributed by atoms with Gasteiger partial charge in [-0.05, 0) is 35.4 Å². The average Bonchev–Trinajstić information content (AvgIpc) is 2.73. The van der Waals surface area contributed by atoms with Crippen molar-refractivity contribution in [2.24, 2.45) is 0 Å². The van der Waals surface area contributed by atoms with Gasteiger partial charge in [0.15, 0.2) is 0 Å². The van der Waals surface area contributed by atoms with Crippen molar-refractivity contribution in [2.75, 3.05) is 32.7 Å². The van der Waals surface area contributed by atoms with Gasteiger partial charge in [-0.2, -0.15) is 0 Å². The molecule has 28 heavy (non-hydrogen) atoms. The fourth-order valence-corrected chi connectivity index (χ4v) is 3.49. The van der Waals surface area contributed by atoms with Gasteiger partial charge in [-0.1, -0.05) is 18.2 Å². The van der Waals surface area contributed by atoms with Crippen LogP contribution in [-0.4, -0.2) is 64.8 Å². The van der Waals surface area contributed by atoms with Crippen molar-refractivity contribution in [1.29, 1.82) is 0 Å². The summed E-state index contributed by atoms with van der Waals surface area (Å²) >= 11 is 0. The number of hydrogen-bond acceptors (Lipinski definition) is 4. The lowest BCUT2D eigenvalue weighted by Gasteiger charge is -2.34. The van der Waals surface area contributed by atoms with Crippen LogP contribution >= 0.6 is 0 Å². The molecule has 1 aromatic heterocycles. The number of carbonyl (C=O) groups excluding carboxylic acids is 1. The zero-order valence-electron chi connectivity index (χ0n) is 15.3. The molecule has 2 heterocycles. The number of rotatable bonds is 4. The van der Waals surface area contributed by atoms with Crippen molar-refractivity contribution in [3.63, 3.8) is 0 Å². The van der Waals surface area contributed by atoms with E-state index < -0.39 is 6.43 Å². The summed E-state index contributed by atoms with van der Waals surface area (Å²) in [6.07, 6.45) is 0.966. The summed E-state index contributed by atoms with van der Waals surface area (Å²) in [7, 11) is 0. The van der Waals surface area contributed by atoms with Gasteiger partial charge in [-0.3, -0.25) is 19.7 Å². The van der Waals surface area contributed by atoms with E-state index in [0.29, 0.717) is 31.7 Å². The van der Waals surface area contributed by atoms with Gasteiger partial charge in [-0.25, -0.2) is 8.78 Å². The third-order valence-corrected chi connectivity index (χ3v) is 4.97. The Balaban J connectivity index is 1.51. The Labute approximate surface area is 161 Å². The monoisotopic (exact) mass is 382 g/mol. The molecule has 0 N–H and O–H groups in total. The molecule has 144 valence electrons. The highest BCUT2D eigenvalue weighted by molar-refractivity contribution is 5.96. The van der Waals surface area contributed by atoms with Crippen molar-refractivity contribution < 1.29 is 13.6 Å². The van der Waals surface area contributed by atoms with Crippen LogP contribution < -0.4 is 0 Å². The smallest absolute Gasteiger partial charge is 0.253 e. The highest BCUT2D eigenvalue weighted by atomic mass is 19.3. The van der Waals surface area contributed by atoms with Crippen molar-refractivity contribution in [1.82, 2.24) is 19.8 Å². The summed E-state index contributed by atoms with van der Waals surface area (Å²) < 4.78 is 25.0. The van der Waals surface area contributed by atoms with E-state index in [1.54, 1.807) is 28.3 Å². The first-order valence-electron chi connectivity index (χ1n) is 9.21. The van der Waals surface area contributed by atoms with E-state index in [9.17, 15) is 13.6 Å². The van der Waals surface area contributed by atoms with Crippen LogP contribution in [0, 0.1) is 0 Å². The molecule has 7 heteroatoms. The molecule has 0 saturated carbocycles. The lowest BCUT2D eigenvalue weighted by Crippen LogP contribution is -2.49. The van der Waals surface area contributed by atoms with Crippen LogP contribution in [-0.2, 0) is 0 Å². The predicted octanol–water partition coefficient (Wildman–Crippen LogP) is 3.32. The summed E-state index contributed by atoms with van der Waals surface area (Å²) in [5.41, 5.74) is 4.10. The molecule has 2 aromatic carbocycles. The van der Waals surface area contributed by atoms with Gasteiger partial charge in [0.2, 0.25) is 0 Å². The number of amides is 1. The van der Waals surface area contributed by atoms with Crippen molar-refractivity contribution in [3.8, 4) is 11.1 Å². The molecule has 0 unspecified atom stereocenters. The molecule has 0 atom stereocenters. The second-order valence-corrected chi connectivity index (χ2v) is 6.82. The topological polar surface area (TPSA) is 49.3 Å². The quantitative estimate of drug-likeness (QED) is 0.695. The Morgan fingerprint density at radius 1 is 0.929 bits per heavy atom. The number of alkyl halides is 2. The predicted molar refractivity (Wildman–Crippen MR) is 103 cm³/mol. The van der Waals surface area contributed by atoms with Crippen LogP contribution in [0.25, 0.3) is 22.2 Å². The molecule has 1 amide bonds. The zero-order valence-corrected chi connectivity index (χ0v) is 15.3. The van der Waals surface area contributed by atoms with Gasteiger partial charge in [0, 0.05) is 44.1 Å². The lowest BCUT2D eigenvalue weighted by molar-refractivity contribution is 0.0459. The maximum atomic E-state index is 12.9. The molecule has 5 nitrogen and oxygen atoms in total. The molecule has 1 aliphatic rings. The minimum Gasteiger partial charge on any atom is -0.336 e. The SMILES string of the molecule is O=C(c1cccc(-c2ccc3nccnc3c2)c1)N1CCN(CC(F)F)CC1. The van der Waals surface area contributed by atoms with Gasteiger partial charge in [0.25, 0.3) is 12.3 Å². The molecule has 0 aliphatic carbocycles. The van der Waals surface area contributed by atoms with Crippen LogP contribution in [0.15, 0.2) is 54.9 Å². The number of halogens is 2. The van der Waals surface area contributed by atoms with E-state index >= 15 is 0 Å². The molecule has 0 bridgehead atoms. The van der Waals surface area contributed by atoms with E-state index in [2.05, 4.69) is 9.97 Å². The number of hydrogen-bond donors (Lipinski definition) is 0. The third kappa shape index (κ3) is 3.99. The Kier molecular flexibility index (Phi) is 5.25. The van der Waals surface area contributed by atoms with Gasteiger partial charge in [-0.15, -0.1) is 0 Å². The largest absolute Gasteiger partial charge is 0.336 e. The van der Waals surface area contributed by atoms with Crippen molar-refractivity contribution in [2.45, 2.75) is 6.43 Å².